The van der Waals surface area contributed by atoms with Crippen molar-refractivity contribution in [2.24, 2.45) is 11.3 Å². The van der Waals surface area contributed by atoms with Crippen LogP contribution in [0.3, 0.4) is 0 Å². The van der Waals surface area contributed by atoms with Crippen LogP contribution in [0.2, 0.25) is 0 Å². The van der Waals surface area contributed by atoms with Gasteiger partial charge in [0, 0.05) is 29.9 Å². The average molecular weight is 334 g/mol. The van der Waals surface area contributed by atoms with Crippen LogP contribution in [0, 0.1) is 18.3 Å². The van der Waals surface area contributed by atoms with Crippen molar-refractivity contribution in [2.45, 2.75) is 39.5 Å². The summed E-state index contributed by atoms with van der Waals surface area (Å²) >= 11 is 0. The second-order valence-electron chi connectivity index (χ2n) is 8.09. The van der Waals surface area contributed by atoms with Crippen LogP contribution < -0.4 is 4.74 Å². The van der Waals surface area contributed by atoms with Crippen molar-refractivity contribution in [3.8, 4) is 11.5 Å². The summed E-state index contributed by atoms with van der Waals surface area (Å²) in [4.78, 5) is 25.9. The molecule has 2 aromatic carbocycles. The Morgan fingerprint density at radius 1 is 0.880 bits per heavy atom. The van der Waals surface area contributed by atoms with Crippen molar-refractivity contribution in [1.29, 1.82) is 0 Å². The van der Waals surface area contributed by atoms with Gasteiger partial charge in [0.05, 0.1) is 5.92 Å². The minimum absolute atomic E-state index is 0.0513. The van der Waals surface area contributed by atoms with Crippen LogP contribution in [-0.4, -0.2) is 11.6 Å². The van der Waals surface area contributed by atoms with Crippen LogP contribution in [0.1, 0.15) is 49.3 Å². The second-order valence-corrected chi connectivity index (χ2v) is 8.09. The van der Waals surface area contributed by atoms with Gasteiger partial charge in [0.1, 0.15) is 23.1 Å². The van der Waals surface area contributed by atoms with E-state index in [0.717, 1.165) is 28.2 Å². The summed E-state index contributed by atoms with van der Waals surface area (Å²) in [6.07, 6.45) is 0.897. The quantitative estimate of drug-likeness (QED) is 0.703. The third-order valence-electron chi connectivity index (χ3n) is 5.31. The number of para-hydroxylation sites is 1. The predicted octanol–water partition coefficient (Wildman–Crippen LogP) is 4.81. The van der Waals surface area contributed by atoms with E-state index in [1.807, 2.05) is 57.2 Å². The van der Waals surface area contributed by atoms with Gasteiger partial charge in [-0.3, -0.25) is 9.59 Å². The fourth-order valence-electron chi connectivity index (χ4n) is 4.26. The molecule has 0 unspecified atom stereocenters. The molecule has 1 heterocycles. The number of ketones is 2. The molecule has 0 bridgehead atoms. The molecule has 1 aliphatic carbocycles. The lowest BCUT2D eigenvalue weighted by Gasteiger charge is -2.38. The largest absolute Gasteiger partial charge is 0.457 e. The molecule has 1 aliphatic heterocycles. The molecule has 0 spiro atoms. The van der Waals surface area contributed by atoms with Gasteiger partial charge < -0.3 is 4.74 Å². The fourth-order valence-corrected chi connectivity index (χ4v) is 4.26. The molecule has 2 aliphatic rings. The molecule has 25 heavy (non-hydrogen) atoms. The Balaban J connectivity index is 1.88. The van der Waals surface area contributed by atoms with Crippen LogP contribution in [0.25, 0.3) is 0 Å². The molecule has 1 fully saturated rings. The summed E-state index contributed by atoms with van der Waals surface area (Å²) in [5.74, 6) is 0.731. The molecule has 1 atom stereocenters. The van der Waals surface area contributed by atoms with E-state index >= 15 is 0 Å². The summed E-state index contributed by atoms with van der Waals surface area (Å²) in [6, 6.07) is 13.7. The predicted molar refractivity (Wildman–Crippen MR) is 96.1 cm³/mol. The molecule has 3 heteroatoms. The highest BCUT2D eigenvalue weighted by Crippen LogP contribution is 2.50. The molecule has 2 aromatic rings. The van der Waals surface area contributed by atoms with E-state index in [0.29, 0.717) is 12.8 Å². The van der Waals surface area contributed by atoms with Gasteiger partial charge in [-0.2, -0.15) is 0 Å². The number of aryl methyl sites for hydroxylation is 1. The Labute approximate surface area is 148 Å². The lowest BCUT2D eigenvalue weighted by molar-refractivity contribution is -0.140. The Bertz CT molecular complexity index is 859. The first-order valence-electron chi connectivity index (χ1n) is 8.78. The Morgan fingerprint density at radius 2 is 1.52 bits per heavy atom. The van der Waals surface area contributed by atoms with E-state index in [9.17, 15) is 9.59 Å². The molecule has 0 aromatic heterocycles. The second kappa shape index (κ2) is 5.55. The number of hydrogen-bond donors (Lipinski definition) is 0. The maximum Gasteiger partial charge on any atom is 0.144 e. The van der Waals surface area contributed by atoms with Gasteiger partial charge in [-0.05, 0) is 24.5 Å². The van der Waals surface area contributed by atoms with E-state index in [4.69, 9.17) is 4.74 Å². The highest BCUT2D eigenvalue weighted by molar-refractivity contribution is 6.06. The Hall–Kier alpha value is -2.42. The number of rotatable bonds is 1. The van der Waals surface area contributed by atoms with Crippen LogP contribution in [0.4, 0.5) is 0 Å². The van der Waals surface area contributed by atoms with Gasteiger partial charge in [-0.25, -0.2) is 0 Å². The third-order valence-corrected chi connectivity index (χ3v) is 5.31. The molecular formula is C22H22O3. The first-order chi connectivity index (χ1) is 11.9. The zero-order valence-corrected chi connectivity index (χ0v) is 14.8. The van der Waals surface area contributed by atoms with Crippen molar-refractivity contribution < 1.29 is 14.3 Å². The lowest BCUT2D eigenvalue weighted by atomic mass is 9.64. The lowest BCUT2D eigenvalue weighted by Crippen LogP contribution is -2.41. The minimum Gasteiger partial charge on any atom is -0.457 e. The maximum atomic E-state index is 13.0. The number of hydrogen-bond acceptors (Lipinski definition) is 3. The van der Waals surface area contributed by atoms with Gasteiger partial charge in [-0.15, -0.1) is 0 Å². The van der Waals surface area contributed by atoms with Crippen LogP contribution in [-0.2, 0) is 9.59 Å². The zero-order chi connectivity index (χ0) is 17.8. The number of fused-ring (bicyclic) bond motifs is 2. The van der Waals surface area contributed by atoms with Gasteiger partial charge in [-0.1, -0.05) is 49.7 Å². The molecule has 1 saturated carbocycles. The van der Waals surface area contributed by atoms with Gasteiger partial charge >= 0.3 is 0 Å². The van der Waals surface area contributed by atoms with Gasteiger partial charge in [0.25, 0.3) is 0 Å². The molecule has 0 amide bonds. The maximum absolute atomic E-state index is 13.0. The zero-order valence-electron chi connectivity index (χ0n) is 14.8. The summed E-state index contributed by atoms with van der Waals surface area (Å²) in [7, 11) is 0. The number of carbonyl (C=O) groups is 2. The molecular weight excluding hydrogens is 312 g/mol. The number of carbonyl (C=O) groups excluding carboxylic acids is 2. The smallest absolute Gasteiger partial charge is 0.144 e. The number of benzene rings is 2. The molecule has 0 radical (unpaired) electrons. The summed E-state index contributed by atoms with van der Waals surface area (Å²) in [5.41, 5.74) is 2.74. The minimum atomic E-state index is -0.612. The van der Waals surface area contributed by atoms with Gasteiger partial charge in [0.2, 0.25) is 0 Å². The van der Waals surface area contributed by atoms with E-state index < -0.39 is 5.92 Å². The number of ether oxygens (including phenoxy) is 1. The first-order valence-corrected chi connectivity index (χ1v) is 8.78. The van der Waals surface area contributed by atoms with Crippen molar-refractivity contribution in [3.05, 3.63) is 59.2 Å². The fraction of sp³-hybridized carbons (Fsp3) is 0.364. The van der Waals surface area contributed by atoms with Crippen molar-refractivity contribution >= 4 is 11.6 Å². The Kier molecular flexibility index (Phi) is 3.57. The Morgan fingerprint density at radius 3 is 2.24 bits per heavy atom. The first kappa shape index (κ1) is 16.1. The molecule has 4 rings (SSSR count). The van der Waals surface area contributed by atoms with Crippen molar-refractivity contribution in [3.63, 3.8) is 0 Å². The van der Waals surface area contributed by atoms with E-state index in [1.165, 1.54) is 0 Å². The highest BCUT2D eigenvalue weighted by atomic mass is 16.5. The van der Waals surface area contributed by atoms with Crippen molar-refractivity contribution in [2.75, 3.05) is 0 Å². The van der Waals surface area contributed by atoms with Crippen LogP contribution >= 0.6 is 0 Å². The van der Waals surface area contributed by atoms with Crippen LogP contribution in [0.15, 0.2) is 42.5 Å². The molecule has 3 nitrogen and oxygen atoms in total. The summed E-state index contributed by atoms with van der Waals surface area (Å²) < 4.78 is 6.04. The normalized spacial score (nSPS) is 22.1. The van der Waals surface area contributed by atoms with Crippen molar-refractivity contribution in [1.82, 2.24) is 0 Å². The summed E-state index contributed by atoms with van der Waals surface area (Å²) in [5, 5.41) is 0. The third kappa shape index (κ3) is 2.68. The van der Waals surface area contributed by atoms with E-state index in [1.54, 1.807) is 0 Å². The van der Waals surface area contributed by atoms with Gasteiger partial charge in [0.15, 0.2) is 0 Å². The summed E-state index contributed by atoms with van der Waals surface area (Å²) in [6.45, 7) is 6.01. The molecule has 128 valence electrons. The standard InChI is InChI=1S/C22H22O3/c1-13-8-9-19-15(10-13)20(14-6-4-5-7-18(14)25-19)21-16(23)11-22(2,3)12-17(21)24/h4-10,20-21H,11-12H2,1-3H3/t20-/m1/s1. The monoisotopic (exact) mass is 334 g/mol. The van der Waals surface area contributed by atoms with Crippen LogP contribution in [0.5, 0.6) is 11.5 Å². The SMILES string of the molecule is Cc1ccc2c(c1)[C@H](C1C(=O)CC(C)(C)CC1=O)c1ccccc1O2. The highest BCUT2D eigenvalue weighted by Gasteiger charge is 2.46. The molecule has 0 saturated heterocycles. The van der Waals surface area contributed by atoms with E-state index in [-0.39, 0.29) is 22.9 Å². The molecule has 0 N–H and O–H groups in total. The topological polar surface area (TPSA) is 43.4 Å². The van der Waals surface area contributed by atoms with E-state index in [2.05, 4.69) is 6.07 Å². The average Bonchev–Trinajstić information content (AvgIpc) is 2.53. The number of Topliss-reactive ketones (excluding diaryl/α,β-unsaturated/α-hetero) is 2.